The standard InChI is InChI=1S/C27H44N4O4S2/c1-3-34-24(32)18-10-12-20-22(16-18)36-26(28)30(20)14-8-6-5-7-9-15-31-21-13-11-19(25(33)35-4-2)17-23(21)37-27(31)29/h18-23,28-29H,3-17H2,1-2H3. The topological polar surface area (TPSA) is 107 Å². The van der Waals surface area contributed by atoms with Gasteiger partial charge in [-0.3, -0.25) is 20.4 Å². The van der Waals surface area contributed by atoms with Gasteiger partial charge in [0.25, 0.3) is 0 Å². The highest BCUT2D eigenvalue weighted by atomic mass is 32.2. The molecule has 0 aromatic rings. The van der Waals surface area contributed by atoms with E-state index in [-0.39, 0.29) is 23.8 Å². The molecule has 0 aromatic carbocycles. The van der Waals surface area contributed by atoms with E-state index in [0.717, 1.165) is 77.3 Å². The van der Waals surface area contributed by atoms with Gasteiger partial charge in [0.2, 0.25) is 0 Å². The number of nitrogens with zero attached hydrogens (tertiary/aromatic N) is 2. The summed E-state index contributed by atoms with van der Waals surface area (Å²) in [6, 6.07) is 0.794. The molecule has 10 heteroatoms. The van der Waals surface area contributed by atoms with Crippen molar-refractivity contribution < 1.29 is 19.1 Å². The molecule has 6 atom stereocenters. The molecule has 4 rings (SSSR count). The lowest BCUT2D eigenvalue weighted by Gasteiger charge is -2.34. The van der Waals surface area contributed by atoms with Crippen molar-refractivity contribution in [3.05, 3.63) is 0 Å². The molecule has 4 aliphatic rings. The third-order valence-electron chi connectivity index (χ3n) is 8.40. The third kappa shape index (κ3) is 6.97. The predicted octanol–water partition coefficient (Wildman–Crippen LogP) is 5.10. The highest BCUT2D eigenvalue weighted by Crippen LogP contribution is 2.43. The Morgan fingerprint density at radius 3 is 1.54 bits per heavy atom. The number of carbonyl (C=O) groups excluding carboxylic acids is 2. The number of hydrogen-bond donors (Lipinski definition) is 2. The summed E-state index contributed by atoms with van der Waals surface area (Å²) in [5, 5.41) is 19.0. The Bertz CT molecular complexity index is 777. The Morgan fingerprint density at radius 1 is 0.730 bits per heavy atom. The molecule has 2 heterocycles. The largest absolute Gasteiger partial charge is 0.466 e. The lowest BCUT2D eigenvalue weighted by molar-refractivity contribution is -0.150. The smallest absolute Gasteiger partial charge is 0.308 e. The van der Waals surface area contributed by atoms with E-state index in [0.29, 0.717) is 46.1 Å². The molecule has 0 radical (unpaired) electrons. The van der Waals surface area contributed by atoms with E-state index in [4.69, 9.17) is 20.3 Å². The van der Waals surface area contributed by atoms with E-state index in [1.54, 1.807) is 23.5 Å². The van der Waals surface area contributed by atoms with Crippen LogP contribution in [0.2, 0.25) is 0 Å². The lowest BCUT2D eigenvalue weighted by Crippen LogP contribution is -2.42. The summed E-state index contributed by atoms with van der Waals surface area (Å²) in [6.07, 6.45) is 11.1. The number of amidine groups is 2. The minimum Gasteiger partial charge on any atom is -0.466 e. The molecule has 2 aliphatic carbocycles. The minimum atomic E-state index is -0.0610. The number of carbonyl (C=O) groups is 2. The number of ether oxygens (including phenoxy) is 2. The molecule has 0 spiro atoms. The van der Waals surface area contributed by atoms with Gasteiger partial charge in [-0.2, -0.15) is 0 Å². The van der Waals surface area contributed by atoms with Crippen LogP contribution in [0.4, 0.5) is 0 Å². The number of nitrogens with one attached hydrogen (secondary N) is 2. The van der Waals surface area contributed by atoms with Crippen molar-refractivity contribution in [1.29, 1.82) is 10.8 Å². The summed E-state index contributed by atoms with van der Waals surface area (Å²) < 4.78 is 10.5. The highest BCUT2D eigenvalue weighted by molar-refractivity contribution is 8.14. The van der Waals surface area contributed by atoms with E-state index in [2.05, 4.69) is 9.80 Å². The second-order valence-corrected chi connectivity index (χ2v) is 13.2. The van der Waals surface area contributed by atoms with Crippen LogP contribution in [-0.2, 0) is 19.1 Å². The molecule has 2 saturated heterocycles. The van der Waals surface area contributed by atoms with Gasteiger partial charge in [-0.1, -0.05) is 42.8 Å². The van der Waals surface area contributed by atoms with Crippen molar-refractivity contribution in [3.63, 3.8) is 0 Å². The number of fused-ring (bicyclic) bond motifs is 2. The summed E-state index contributed by atoms with van der Waals surface area (Å²) in [4.78, 5) is 28.9. The van der Waals surface area contributed by atoms with Crippen LogP contribution in [0.5, 0.6) is 0 Å². The van der Waals surface area contributed by atoms with Crippen LogP contribution in [-0.4, -0.2) is 81.0 Å². The molecule has 8 nitrogen and oxygen atoms in total. The SMILES string of the molecule is CCOC(=O)C1CCC2C(C1)SC(=N)N2CCCCCCCN1C(=N)SC2CC(C(=O)OCC)CCC21. The maximum atomic E-state index is 12.1. The van der Waals surface area contributed by atoms with Crippen LogP contribution in [0.15, 0.2) is 0 Å². The normalized spacial score (nSPS) is 31.3. The first kappa shape index (κ1) is 28.6. The maximum Gasteiger partial charge on any atom is 0.308 e. The molecule has 6 unspecified atom stereocenters. The van der Waals surface area contributed by atoms with Crippen molar-refractivity contribution in [1.82, 2.24) is 9.80 Å². The molecule has 208 valence electrons. The monoisotopic (exact) mass is 552 g/mol. The van der Waals surface area contributed by atoms with E-state index < -0.39 is 0 Å². The van der Waals surface area contributed by atoms with Gasteiger partial charge in [0.1, 0.15) is 0 Å². The molecule has 0 bridgehead atoms. The second kappa shape index (κ2) is 13.6. The zero-order chi connectivity index (χ0) is 26.4. The Morgan fingerprint density at radius 2 is 1.14 bits per heavy atom. The van der Waals surface area contributed by atoms with Gasteiger partial charge in [-0.25, -0.2) is 0 Å². The first-order chi connectivity index (χ1) is 17.9. The fraction of sp³-hybridized carbons (Fsp3) is 0.852. The van der Waals surface area contributed by atoms with Crippen molar-refractivity contribution in [2.24, 2.45) is 11.8 Å². The van der Waals surface area contributed by atoms with Crippen LogP contribution in [0.25, 0.3) is 0 Å². The average Bonchev–Trinajstić information content (AvgIpc) is 3.37. The summed E-state index contributed by atoms with van der Waals surface area (Å²) in [5.74, 6) is -0.122. The quantitative estimate of drug-likeness (QED) is 0.254. The van der Waals surface area contributed by atoms with Crippen LogP contribution in [0, 0.1) is 22.7 Å². The highest BCUT2D eigenvalue weighted by Gasteiger charge is 2.45. The predicted molar refractivity (Wildman–Crippen MR) is 150 cm³/mol. The van der Waals surface area contributed by atoms with Gasteiger partial charge in [0, 0.05) is 35.7 Å². The number of hydrogen-bond acceptors (Lipinski definition) is 8. The van der Waals surface area contributed by atoms with E-state index in [1.165, 1.54) is 6.42 Å². The van der Waals surface area contributed by atoms with Crippen LogP contribution < -0.4 is 0 Å². The van der Waals surface area contributed by atoms with Crippen LogP contribution >= 0.6 is 23.5 Å². The molecule has 0 aromatic heterocycles. The summed E-state index contributed by atoms with van der Waals surface area (Å²) in [7, 11) is 0. The molecule has 2 saturated carbocycles. The van der Waals surface area contributed by atoms with E-state index >= 15 is 0 Å². The molecular weight excluding hydrogens is 508 g/mol. The number of rotatable bonds is 12. The minimum absolute atomic E-state index is 0.000165. The first-order valence-corrected chi connectivity index (χ1v) is 16.1. The number of esters is 2. The van der Waals surface area contributed by atoms with E-state index in [9.17, 15) is 9.59 Å². The van der Waals surface area contributed by atoms with Crippen molar-refractivity contribution in [2.45, 2.75) is 107 Å². The summed E-state index contributed by atoms with van der Waals surface area (Å²) in [6.45, 7) is 6.48. The van der Waals surface area contributed by atoms with Gasteiger partial charge >= 0.3 is 11.9 Å². The van der Waals surface area contributed by atoms with Crippen LogP contribution in [0.3, 0.4) is 0 Å². The fourth-order valence-corrected chi connectivity index (χ4v) is 9.33. The third-order valence-corrected chi connectivity index (χ3v) is 10.9. The lowest BCUT2D eigenvalue weighted by atomic mass is 9.85. The Hall–Kier alpha value is -1.42. The maximum absolute atomic E-state index is 12.1. The molecule has 4 fully saturated rings. The van der Waals surface area contributed by atoms with Gasteiger partial charge in [-0.15, -0.1) is 0 Å². The Labute approximate surface area is 230 Å². The second-order valence-electron chi connectivity index (χ2n) is 10.7. The Kier molecular flexibility index (Phi) is 10.5. The Balaban J connectivity index is 1.10. The molecular formula is C27H44N4O4S2. The van der Waals surface area contributed by atoms with Gasteiger partial charge in [0.15, 0.2) is 10.3 Å². The van der Waals surface area contributed by atoms with Crippen molar-refractivity contribution in [2.75, 3.05) is 26.3 Å². The van der Waals surface area contributed by atoms with Crippen LogP contribution in [0.1, 0.15) is 84.5 Å². The molecule has 0 amide bonds. The molecule has 37 heavy (non-hydrogen) atoms. The van der Waals surface area contributed by atoms with Gasteiger partial charge < -0.3 is 19.3 Å². The first-order valence-electron chi connectivity index (χ1n) is 14.3. The van der Waals surface area contributed by atoms with Crippen molar-refractivity contribution >= 4 is 45.8 Å². The zero-order valence-electron chi connectivity index (χ0n) is 22.4. The summed E-state index contributed by atoms with van der Waals surface area (Å²) >= 11 is 3.29. The average molecular weight is 553 g/mol. The van der Waals surface area contributed by atoms with Crippen molar-refractivity contribution in [3.8, 4) is 0 Å². The molecule has 2 aliphatic heterocycles. The summed E-state index contributed by atoms with van der Waals surface area (Å²) in [5.41, 5.74) is 0. The number of unbranched alkanes of at least 4 members (excludes halogenated alkanes) is 4. The van der Waals surface area contributed by atoms with Gasteiger partial charge in [-0.05, 0) is 65.2 Å². The van der Waals surface area contributed by atoms with E-state index in [1.807, 2.05) is 13.8 Å². The van der Waals surface area contributed by atoms with Gasteiger partial charge in [0.05, 0.1) is 25.0 Å². The zero-order valence-corrected chi connectivity index (χ0v) is 24.0. The fourth-order valence-electron chi connectivity index (χ4n) is 6.49. The number of thioether (sulfide) groups is 2. The molecule has 2 N–H and O–H groups in total.